The summed E-state index contributed by atoms with van der Waals surface area (Å²) in [6.45, 7) is 2.10. The van der Waals surface area contributed by atoms with Crippen molar-refractivity contribution in [1.29, 1.82) is 0 Å². The van der Waals surface area contributed by atoms with Crippen LogP contribution in [0.5, 0.6) is 0 Å². The molecule has 4 heteroatoms. The van der Waals surface area contributed by atoms with Crippen molar-refractivity contribution in [3.63, 3.8) is 0 Å². The third-order valence-corrected chi connectivity index (χ3v) is 2.73. The lowest BCUT2D eigenvalue weighted by atomic mass is 10.1. The minimum absolute atomic E-state index is 0.213. The Kier molecular flexibility index (Phi) is 3.51. The first-order valence-corrected chi connectivity index (χ1v) is 5.84. The van der Waals surface area contributed by atoms with Crippen LogP contribution in [0.2, 0.25) is 0 Å². The number of nitrogens with zero attached hydrogens (tertiary/aromatic N) is 2. The number of halogens is 1. The summed E-state index contributed by atoms with van der Waals surface area (Å²) in [5.41, 5.74) is 1.19. The number of pyridine rings is 2. The number of nitrogens with one attached hydrogen (secondary N) is 1. The Morgan fingerprint density at radius 1 is 1.19 bits per heavy atom. The first kappa shape index (κ1) is 11.1. The lowest BCUT2D eigenvalue weighted by Gasteiger charge is -2.14. The second kappa shape index (κ2) is 5.07. The van der Waals surface area contributed by atoms with Gasteiger partial charge in [0.1, 0.15) is 10.4 Å². The molecule has 0 fully saturated rings. The van der Waals surface area contributed by atoms with E-state index in [0.29, 0.717) is 0 Å². The Hall–Kier alpha value is -1.42. The number of hydrogen-bond donors (Lipinski definition) is 1. The van der Waals surface area contributed by atoms with Gasteiger partial charge in [-0.15, -0.1) is 0 Å². The summed E-state index contributed by atoms with van der Waals surface area (Å²) in [5.74, 6) is 0.860. The molecule has 0 aliphatic heterocycles. The van der Waals surface area contributed by atoms with Gasteiger partial charge < -0.3 is 5.32 Å². The number of aromatic nitrogens is 2. The Morgan fingerprint density at radius 3 is 2.62 bits per heavy atom. The molecule has 2 rings (SSSR count). The molecule has 1 atom stereocenters. The van der Waals surface area contributed by atoms with Crippen molar-refractivity contribution in [3.05, 3.63) is 52.9 Å². The van der Waals surface area contributed by atoms with Gasteiger partial charge in [0, 0.05) is 12.4 Å². The molecular weight excluding hydrogens is 266 g/mol. The second-order valence-corrected chi connectivity index (χ2v) is 4.30. The minimum atomic E-state index is 0.213. The average Bonchev–Trinajstić information content (AvgIpc) is 2.30. The van der Waals surface area contributed by atoms with Crippen molar-refractivity contribution in [1.82, 2.24) is 9.97 Å². The van der Waals surface area contributed by atoms with Crippen LogP contribution in [0.1, 0.15) is 18.5 Å². The summed E-state index contributed by atoms with van der Waals surface area (Å²) in [6, 6.07) is 10.0. The molecule has 2 aromatic rings. The van der Waals surface area contributed by atoms with Crippen LogP contribution in [0.25, 0.3) is 0 Å². The number of anilines is 1. The molecule has 2 heterocycles. The van der Waals surface area contributed by atoms with E-state index in [-0.39, 0.29) is 6.04 Å². The molecule has 82 valence electrons. The average molecular weight is 278 g/mol. The highest BCUT2D eigenvalue weighted by atomic mass is 79.9. The first-order chi connectivity index (χ1) is 7.75. The highest BCUT2D eigenvalue weighted by Crippen LogP contribution is 2.18. The van der Waals surface area contributed by atoms with Gasteiger partial charge in [0.15, 0.2) is 0 Å². The van der Waals surface area contributed by atoms with Gasteiger partial charge in [0.05, 0.1) is 6.04 Å². The van der Waals surface area contributed by atoms with Crippen molar-refractivity contribution < 1.29 is 0 Å². The second-order valence-electron chi connectivity index (χ2n) is 3.49. The zero-order valence-corrected chi connectivity index (χ0v) is 10.5. The highest BCUT2D eigenvalue weighted by molar-refractivity contribution is 9.10. The molecule has 0 saturated carbocycles. The predicted octanol–water partition coefficient (Wildman–Crippen LogP) is 3.41. The van der Waals surface area contributed by atoms with E-state index in [1.807, 2.05) is 30.3 Å². The largest absolute Gasteiger partial charge is 0.364 e. The maximum Gasteiger partial charge on any atom is 0.127 e. The van der Waals surface area contributed by atoms with E-state index in [2.05, 4.69) is 38.1 Å². The fourth-order valence-electron chi connectivity index (χ4n) is 1.45. The van der Waals surface area contributed by atoms with Gasteiger partial charge in [-0.25, -0.2) is 4.98 Å². The molecule has 0 aliphatic rings. The van der Waals surface area contributed by atoms with Gasteiger partial charge in [0.2, 0.25) is 0 Å². The molecule has 16 heavy (non-hydrogen) atoms. The van der Waals surface area contributed by atoms with Gasteiger partial charge >= 0.3 is 0 Å². The summed E-state index contributed by atoms with van der Waals surface area (Å²) >= 11 is 3.35. The van der Waals surface area contributed by atoms with Crippen molar-refractivity contribution >= 4 is 21.7 Å². The van der Waals surface area contributed by atoms with Crippen LogP contribution in [-0.2, 0) is 0 Å². The molecule has 0 bridgehead atoms. The van der Waals surface area contributed by atoms with Gasteiger partial charge in [-0.1, -0.05) is 6.07 Å². The monoisotopic (exact) mass is 277 g/mol. The summed E-state index contributed by atoms with van der Waals surface area (Å²) < 4.78 is 0.833. The highest BCUT2D eigenvalue weighted by Gasteiger charge is 2.05. The maximum absolute atomic E-state index is 4.33. The van der Waals surface area contributed by atoms with Crippen LogP contribution < -0.4 is 5.32 Å². The van der Waals surface area contributed by atoms with Gasteiger partial charge in [-0.2, -0.15) is 0 Å². The van der Waals surface area contributed by atoms with Crippen molar-refractivity contribution in [2.75, 3.05) is 5.32 Å². The normalized spacial score (nSPS) is 12.1. The van der Waals surface area contributed by atoms with Gasteiger partial charge in [-0.3, -0.25) is 4.98 Å². The van der Waals surface area contributed by atoms with Crippen LogP contribution in [0, 0.1) is 0 Å². The molecule has 0 aliphatic carbocycles. The van der Waals surface area contributed by atoms with E-state index in [4.69, 9.17) is 0 Å². The SMILES string of the molecule is CC(Nc1cccc(Br)n1)c1ccncc1. The van der Waals surface area contributed by atoms with E-state index < -0.39 is 0 Å². The third-order valence-electron chi connectivity index (χ3n) is 2.29. The fourth-order valence-corrected chi connectivity index (χ4v) is 1.79. The third kappa shape index (κ3) is 2.79. The Labute approximate surface area is 103 Å². The number of rotatable bonds is 3. The molecular formula is C12H12BrN3. The molecule has 0 saturated heterocycles. The lowest BCUT2D eigenvalue weighted by molar-refractivity contribution is 0.870. The molecule has 0 amide bonds. The maximum atomic E-state index is 4.33. The Morgan fingerprint density at radius 2 is 1.94 bits per heavy atom. The van der Waals surface area contributed by atoms with Crippen LogP contribution in [0.4, 0.5) is 5.82 Å². The molecule has 0 aromatic carbocycles. The Balaban J connectivity index is 2.11. The van der Waals surface area contributed by atoms with Crippen LogP contribution >= 0.6 is 15.9 Å². The standard InChI is InChI=1S/C12H12BrN3/c1-9(10-5-7-14-8-6-10)15-12-4-2-3-11(13)16-12/h2-9H,1H3,(H,15,16). The van der Waals surface area contributed by atoms with Crippen LogP contribution in [0.15, 0.2) is 47.3 Å². The van der Waals surface area contributed by atoms with E-state index in [1.54, 1.807) is 12.4 Å². The lowest BCUT2D eigenvalue weighted by Crippen LogP contribution is -2.07. The first-order valence-electron chi connectivity index (χ1n) is 5.05. The summed E-state index contributed by atoms with van der Waals surface area (Å²) in [6.07, 6.45) is 3.59. The molecule has 2 aromatic heterocycles. The van der Waals surface area contributed by atoms with E-state index in [0.717, 1.165) is 10.4 Å². The molecule has 0 spiro atoms. The topological polar surface area (TPSA) is 37.8 Å². The minimum Gasteiger partial charge on any atom is -0.364 e. The van der Waals surface area contributed by atoms with Crippen LogP contribution in [0.3, 0.4) is 0 Å². The van der Waals surface area contributed by atoms with E-state index in [9.17, 15) is 0 Å². The quantitative estimate of drug-likeness (QED) is 0.874. The van der Waals surface area contributed by atoms with Gasteiger partial charge in [0.25, 0.3) is 0 Å². The fraction of sp³-hybridized carbons (Fsp3) is 0.167. The molecule has 1 unspecified atom stereocenters. The van der Waals surface area contributed by atoms with Crippen molar-refractivity contribution in [3.8, 4) is 0 Å². The molecule has 0 radical (unpaired) electrons. The van der Waals surface area contributed by atoms with Crippen molar-refractivity contribution in [2.45, 2.75) is 13.0 Å². The summed E-state index contributed by atoms with van der Waals surface area (Å²) in [5, 5.41) is 3.33. The van der Waals surface area contributed by atoms with Gasteiger partial charge in [-0.05, 0) is 52.7 Å². The number of hydrogen-bond acceptors (Lipinski definition) is 3. The predicted molar refractivity (Wildman–Crippen MR) is 68.2 cm³/mol. The van der Waals surface area contributed by atoms with Crippen LogP contribution in [-0.4, -0.2) is 9.97 Å². The zero-order valence-electron chi connectivity index (χ0n) is 8.89. The summed E-state index contributed by atoms with van der Waals surface area (Å²) in [7, 11) is 0. The van der Waals surface area contributed by atoms with E-state index in [1.165, 1.54) is 5.56 Å². The summed E-state index contributed by atoms with van der Waals surface area (Å²) in [4.78, 5) is 8.33. The van der Waals surface area contributed by atoms with E-state index >= 15 is 0 Å². The Bertz CT molecular complexity index is 459. The zero-order chi connectivity index (χ0) is 11.4. The molecule has 3 nitrogen and oxygen atoms in total. The molecule has 1 N–H and O–H groups in total. The van der Waals surface area contributed by atoms with Crippen molar-refractivity contribution in [2.24, 2.45) is 0 Å². The smallest absolute Gasteiger partial charge is 0.127 e.